The molecular formula is C7H12N2O3. The highest BCUT2D eigenvalue weighted by molar-refractivity contribution is 5.73. The van der Waals surface area contributed by atoms with Crippen LogP contribution in [0.4, 0.5) is 4.79 Å². The second-order valence-corrected chi connectivity index (χ2v) is 2.66. The fraction of sp³-hybridized carbons (Fsp3) is 0.714. The first-order valence-electron chi connectivity index (χ1n) is 3.83. The van der Waals surface area contributed by atoms with Crippen LogP contribution in [0.5, 0.6) is 0 Å². The molecule has 0 aromatic heterocycles. The highest BCUT2D eigenvalue weighted by atomic mass is 16.5. The molecule has 0 radical (unpaired) electrons. The molecule has 12 heavy (non-hydrogen) atoms. The van der Waals surface area contributed by atoms with Crippen LogP contribution in [-0.2, 0) is 9.53 Å². The van der Waals surface area contributed by atoms with Gasteiger partial charge in [0.2, 0.25) is 0 Å². The van der Waals surface area contributed by atoms with Crippen LogP contribution >= 0.6 is 0 Å². The van der Waals surface area contributed by atoms with E-state index in [0.717, 1.165) is 6.29 Å². The maximum absolute atomic E-state index is 10.8. The van der Waals surface area contributed by atoms with Crippen molar-refractivity contribution in [3.8, 4) is 0 Å². The third kappa shape index (κ3) is 1.94. The van der Waals surface area contributed by atoms with Crippen LogP contribution < -0.4 is 5.73 Å². The van der Waals surface area contributed by atoms with Crippen molar-refractivity contribution < 1.29 is 14.3 Å². The van der Waals surface area contributed by atoms with Gasteiger partial charge >= 0.3 is 6.03 Å². The predicted molar refractivity (Wildman–Crippen MR) is 41.6 cm³/mol. The molecule has 1 fully saturated rings. The van der Waals surface area contributed by atoms with Crippen molar-refractivity contribution in [3.63, 3.8) is 0 Å². The van der Waals surface area contributed by atoms with E-state index in [-0.39, 0.29) is 6.04 Å². The number of rotatable bonds is 2. The maximum Gasteiger partial charge on any atom is 0.315 e. The molecule has 0 aromatic carbocycles. The fourth-order valence-electron chi connectivity index (χ4n) is 1.25. The molecule has 1 aliphatic heterocycles. The van der Waals surface area contributed by atoms with Crippen LogP contribution in [0.2, 0.25) is 0 Å². The SMILES string of the molecule is NC(=O)N1CCOCC1CC=O. The standard InChI is InChI=1S/C7H12N2O3/c8-7(11)9-2-4-12-5-6(9)1-3-10/h3,6H,1-2,4-5H2,(H2,8,11). The summed E-state index contributed by atoms with van der Waals surface area (Å²) in [5.74, 6) is 0. The number of morpholine rings is 1. The minimum Gasteiger partial charge on any atom is -0.377 e. The van der Waals surface area contributed by atoms with Gasteiger partial charge in [-0.3, -0.25) is 0 Å². The van der Waals surface area contributed by atoms with Gasteiger partial charge in [0.25, 0.3) is 0 Å². The van der Waals surface area contributed by atoms with Gasteiger partial charge in [0.15, 0.2) is 0 Å². The van der Waals surface area contributed by atoms with Gasteiger partial charge in [-0.1, -0.05) is 0 Å². The average molecular weight is 172 g/mol. The Hall–Kier alpha value is -1.10. The van der Waals surface area contributed by atoms with Gasteiger partial charge in [0, 0.05) is 13.0 Å². The molecule has 68 valence electrons. The molecule has 5 heteroatoms. The summed E-state index contributed by atoms with van der Waals surface area (Å²) in [6.07, 6.45) is 1.07. The molecule has 1 saturated heterocycles. The number of amides is 2. The van der Waals surface area contributed by atoms with Gasteiger partial charge in [0.05, 0.1) is 19.3 Å². The Labute approximate surface area is 70.5 Å². The summed E-state index contributed by atoms with van der Waals surface area (Å²) in [5.41, 5.74) is 5.10. The van der Waals surface area contributed by atoms with E-state index in [4.69, 9.17) is 10.5 Å². The van der Waals surface area contributed by atoms with E-state index in [9.17, 15) is 9.59 Å². The van der Waals surface area contributed by atoms with Crippen molar-refractivity contribution >= 4 is 12.3 Å². The van der Waals surface area contributed by atoms with Crippen molar-refractivity contribution in [2.24, 2.45) is 5.73 Å². The zero-order valence-corrected chi connectivity index (χ0v) is 6.73. The van der Waals surface area contributed by atoms with Crippen LogP contribution in [0.1, 0.15) is 6.42 Å². The molecule has 0 saturated carbocycles. The Morgan fingerprint density at radius 1 is 1.75 bits per heavy atom. The fourth-order valence-corrected chi connectivity index (χ4v) is 1.25. The lowest BCUT2D eigenvalue weighted by atomic mass is 10.2. The summed E-state index contributed by atoms with van der Waals surface area (Å²) in [4.78, 5) is 22.5. The van der Waals surface area contributed by atoms with Crippen LogP contribution in [0.3, 0.4) is 0 Å². The average Bonchev–Trinajstić information content (AvgIpc) is 2.05. The lowest BCUT2D eigenvalue weighted by molar-refractivity contribution is -0.109. The Kier molecular flexibility index (Phi) is 3.04. The molecule has 0 spiro atoms. The van der Waals surface area contributed by atoms with E-state index < -0.39 is 6.03 Å². The molecule has 1 unspecified atom stereocenters. The summed E-state index contributed by atoms with van der Waals surface area (Å²) in [6.45, 7) is 1.38. The zero-order valence-electron chi connectivity index (χ0n) is 6.73. The predicted octanol–water partition coefficient (Wildman–Crippen LogP) is -0.645. The number of ether oxygens (including phenoxy) is 1. The highest BCUT2D eigenvalue weighted by Gasteiger charge is 2.24. The lowest BCUT2D eigenvalue weighted by Crippen LogP contribution is -2.51. The first-order valence-corrected chi connectivity index (χ1v) is 3.83. The van der Waals surface area contributed by atoms with E-state index in [1.807, 2.05) is 0 Å². The Balaban J connectivity index is 2.53. The van der Waals surface area contributed by atoms with Gasteiger partial charge in [-0.2, -0.15) is 0 Å². The largest absolute Gasteiger partial charge is 0.377 e. The number of carbonyl (C=O) groups is 2. The van der Waals surface area contributed by atoms with Crippen molar-refractivity contribution in [1.29, 1.82) is 0 Å². The second kappa shape index (κ2) is 4.06. The molecule has 2 amide bonds. The first-order chi connectivity index (χ1) is 5.75. The van der Waals surface area contributed by atoms with Crippen molar-refractivity contribution in [2.45, 2.75) is 12.5 Å². The Morgan fingerprint density at radius 3 is 3.08 bits per heavy atom. The highest BCUT2D eigenvalue weighted by Crippen LogP contribution is 2.08. The van der Waals surface area contributed by atoms with Crippen LogP contribution in [0, 0.1) is 0 Å². The topological polar surface area (TPSA) is 72.6 Å². The first kappa shape index (κ1) is 8.99. The lowest BCUT2D eigenvalue weighted by Gasteiger charge is -2.33. The summed E-state index contributed by atoms with van der Waals surface area (Å²) in [6, 6.07) is -0.654. The number of urea groups is 1. The van der Waals surface area contributed by atoms with E-state index in [2.05, 4.69) is 0 Å². The molecule has 1 heterocycles. The number of nitrogens with zero attached hydrogens (tertiary/aromatic N) is 1. The van der Waals surface area contributed by atoms with Gasteiger partial charge in [-0.05, 0) is 0 Å². The normalized spacial score (nSPS) is 23.7. The number of hydrogen-bond acceptors (Lipinski definition) is 3. The smallest absolute Gasteiger partial charge is 0.315 e. The van der Waals surface area contributed by atoms with E-state index in [1.165, 1.54) is 4.90 Å². The molecule has 2 N–H and O–H groups in total. The maximum atomic E-state index is 10.8. The molecule has 5 nitrogen and oxygen atoms in total. The van der Waals surface area contributed by atoms with E-state index >= 15 is 0 Å². The van der Waals surface area contributed by atoms with Crippen LogP contribution in [0.15, 0.2) is 0 Å². The van der Waals surface area contributed by atoms with Gasteiger partial charge in [0.1, 0.15) is 6.29 Å². The van der Waals surface area contributed by atoms with Gasteiger partial charge < -0.3 is 20.2 Å². The minimum absolute atomic E-state index is 0.172. The summed E-state index contributed by atoms with van der Waals surface area (Å²) < 4.78 is 5.11. The summed E-state index contributed by atoms with van der Waals surface area (Å²) in [7, 11) is 0. The molecule has 0 bridgehead atoms. The third-order valence-corrected chi connectivity index (χ3v) is 1.88. The Morgan fingerprint density at radius 2 is 2.50 bits per heavy atom. The van der Waals surface area contributed by atoms with Crippen LogP contribution in [-0.4, -0.2) is 43.0 Å². The zero-order chi connectivity index (χ0) is 8.97. The number of aldehydes is 1. The minimum atomic E-state index is -0.481. The third-order valence-electron chi connectivity index (χ3n) is 1.88. The number of hydrogen-bond donors (Lipinski definition) is 1. The molecule has 1 aliphatic rings. The van der Waals surface area contributed by atoms with Crippen LogP contribution in [0.25, 0.3) is 0 Å². The van der Waals surface area contributed by atoms with Crippen molar-refractivity contribution in [1.82, 2.24) is 4.90 Å². The van der Waals surface area contributed by atoms with E-state index in [0.29, 0.717) is 26.2 Å². The molecule has 1 atom stereocenters. The monoisotopic (exact) mass is 172 g/mol. The van der Waals surface area contributed by atoms with E-state index in [1.54, 1.807) is 0 Å². The summed E-state index contributed by atoms with van der Waals surface area (Å²) in [5, 5.41) is 0. The quantitative estimate of drug-likeness (QED) is 0.563. The van der Waals surface area contributed by atoms with Crippen molar-refractivity contribution in [3.05, 3.63) is 0 Å². The molecule has 0 aliphatic carbocycles. The number of primary amides is 1. The number of nitrogens with two attached hydrogens (primary N) is 1. The number of carbonyl (C=O) groups excluding carboxylic acids is 2. The molecular weight excluding hydrogens is 160 g/mol. The molecule has 1 rings (SSSR count). The summed E-state index contributed by atoms with van der Waals surface area (Å²) >= 11 is 0. The van der Waals surface area contributed by atoms with Gasteiger partial charge in [-0.15, -0.1) is 0 Å². The Bertz CT molecular complexity index is 183. The second-order valence-electron chi connectivity index (χ2n) is 2.66. The van der Waals surface area contributed by atoms with Gasteiger partial charge in [-0.25, -0.2) is 4.79 Å². The van der Waals surface area contributed by atoms with Crippen molar-refractivity contribution in [2.75, 3.05) is 19.8 Å². The molecule has 0 aromatic rings.